The summed E-state index contributed by atoms with van der Waals surface area (Å²) in [6.45, 7) is 9.75. The number of anilines is 4. The highest BCUT2D eigenvalue weighted by molar-refractivity contribution is 6.33. The Morgan fingerprint density at radius 1 is 1.03 bits per heavy atom. The molecular formula is C42H46ClN9O7. The SMILES string of the molecule is CC(=O)COc1cc2cc(Nc3nc(N4CCC(CN5CC6(C5)CN(c5ccc(C(=O)N(C=O)C7CCC(=O)NC7=O)c(C)c5)C6)CC4)ncc3Cl)ccc2n(C)c1=O. The second kappa shape index (κ2) is 16.1. The number of nitrogens with one attached hydrogen (secondary N) is 2. The molecule has 16 nitrogen and oxygen atoms in total. The summed E-state index contributed by atoms with van der Waals surface area (Å²) in [7, 11) is 1.66. The van der Waals surface area contributed by atoms with Crippen molar-refractivity contribution in [3.63, 3.8) is 0 Å². The van der Waals surface area contributed by atoms with Gasteiger partial charge in [-0.25, -0.2) is 4.98 Å². The molecule has 6 heterocycles. The van der Waals surface area contributed by atoms with Crippen molar-refractivity contribution in [2.45, 2.75) is 45.6 Å². The number of ketones is 1. The number of likely N-dealkylation sites (tertiary alicyclic amines) is 1. The minimum atomic E-state index is -1.00. The Hall–Kier alpha value is -5.87. The van der Waals surface area contributed by atoms with Crippen molar-refractivity contribution in [1.82, 2.24) is 29.7 Å². The Bertz CT molecular complexity index is 2420. The Morgan fingerprint density at radius 2 is 1.80 bits per heavy atom. The van der Waals surface area contributed by atoms with Crippen LogP contribution in [-0.2, 0) is 26.2 Å². The van der Waals surface area contributed by atoms with Crippen LogP contribution in [0.5, 0.6) is 5.75 Å². The Labute approximate surface area is 345 Å². The third-order valence-corrected chi connectivity index (χ3v) is 12.2. The van der Waals surface area contributed by atoms with Gasteiger partial charge in [-0.05, 0) is 87.1 Å². The van der Waals surface area contributed by atoms with E-state index in [0.717, 1.165) is 85.9 Å². The Balaban J connectivity index is 0.812. The summed E-state index contributed by atoms with van der Waals surface area (Å²) >= 11 is 6.55. The number of fused-ring (bicyclic) bond motifs is 1. The zero-order valence-electron chi connectivity index (χ0n) is 33.2. The van der Waals surface area contributed by atoms with E-state index in [4.69, 9.17) is 21.3 Å². The van der Waals surface area contributed by atoms with Crippen molar-refractivity contribution >= 4 is 75.6 Å². The number of rotatable bonds is 12. The highest BCUT2D eigenvalue weighted by atomic mass is 35.5. The second-order valence-corrected chi connectivity index (χ2v) is 16.8. The molecule has 1 atom stereocenters. The van der Waals surface area contributed by atoms with Crippen LogP contribution >= 0.6 is 11.6 Å². The number of nitrogens with zero attached hydrogens (tertiary/aromatic N) is 7. The van der Waals surface area contributed by atoms with E-state index in [2.05, 4.69) is 30.3 Å². The minimum Gasteiger partial charge on any atom is -0.480 e. The number of aryl methyl sites for hydroxylation is 2. The third kappa shape index (κ3) is 8.11. The first-order valence-electron chi connectivity index (χ1n) is 19.8. The average molecular weight is 824 g/mol. The number of pyridine rings is 1. The lowest BCUT2D eigenvalue weighted by molar-refractivity contribution is -0.139. The fourth-order valence-electron chi connectivity index (χ4n) is 8.84. The quantitative estimate of drug-likeness (QED) is 0.157. The molecular weight excluding hydrogens is 778 g/mol. The maximum absolute atomic E-state index is 13.3. The summed E-state index contributed by atoms with van der Waals surface area (Å²) in [6, 6.07) is 11.8. The molecule has 2 aromatic heterocycles. The van der Waals surface area contributed by atoms with Crippen LogP contribution < -0.4 is 30.7 Å². The second-order valence-electron chi connectivity index (χ2n) is 16.4. The maximum atomic E-state index is 13.3. The average Bonchev–Trinajstić information content (AvgIpc) is 3.18. The molecule has 4 aromatic rings. The van der Waals surface area contributed by atoms with E-state index in [1.807, 2.05) is 37.3 Å². The smallest absolute Gasteiger partial charge is 0.293 e. The number of hydrogen-bond donors (Lipinski definition) is 2. The van der Waals surface area contributed by atoms with Gasteiger partial charge < -0.3 is 29.3 Å². The number of amides is 4. The molecule has 2 aromatic carbocycles. The monoisotopic (exact) mass is 823 g/mol. The molecule has 4 aliphatic rings. The van der Waals surface area contributed by atoms with Gasteiger partial charge in [-0.3, -0.25) is 39.0 Å². The molecule has 8 rings (SSSR count). The minimum absolute atomic E-state index is 0.0752. The molecule has 0 radical (unpaired) electrons. The van der Waals surface area contributed by atoms with E-state index < -0.39 is 23.8 Å². The number of imide groups is 2. The van der Waals surface area contributed by atoms with Gasteiger partial charge in [-0.15, -0.1) is 0 Å². The molecule has 0 aliphatic carbocycles. The zero-order chi connectivity index (χ0) is 41.6. The predicted octanol–water partition coefficient (Wildman–Crippen LogP) is 3.44. The first kappa shape index (κ1) is 39.9. The fraction of sp³-hybridized carbons (Fsp3) is 0.429. The summed E-state index contributed by atoms with van der Waals surface area (Å²) in [4.78, 5) is 90.5. The number of aromatic nitrogens is 3. The summed E-state index contributed by atoms with van der Waals surface area (Å²) in [5.74, 6) is -0.00610. The van der Waals surface area contributed by atoms with Crippen LogP contribution in [0, 0.1) is 18.3 Å². The Kier molecular flexibility index (Phi) is 10.9. The highest BCUT2D eigenvalue weighted by Crippen LogP contribution is 2.43. The van der Waals surface area contributed by atoms with Crippen LogP contribution in [0.15, 0.2) is 53.5 Å². The van der Waals surface area contributed by atoms with Crippen molar-refractivity contribution in [3.05, 3.63) is 75.2 Å². The van der Waals surface area contributed by atoms with Crippen molar-refractivity contribution in [3.8, 4) is 5.75 Å². The van der Waals surface area contributed by atoms with E-state index in [0.29, 0.717) is 40.2 Å². The van der Waals surface area contributed by atoms with Crippen LogP contribution in [0.25, 0.3) is 10.9 Å². The van der Waals surface area contributed by atoms with Crippen LogP contribution in [0.4, 0.5) is 23.1 Å². The van der Waals surface area contributed by atoms with Gasteiger partial charge in [0.15, 0.2) is 17.4 Å². The number of Topliss-reactive ketones (excluding diaryl/α,β-unsaturated/α-hetero) is 1. The standard InChI is InChI=1S/C42H46ClN9O7/c1-25-14-30(5-6-31(25)39(57)52(24-53)34-8-9-36(55)46-38(34)56)51-22-42(23-51)20-49(21-42)18-27-10-12-50(13-11-27)41-44-17-32(43)37(47-41)45-29-4-7-33-28(15-29)16-35(40(58)48(33)3)59-19-26(2)54/h4-7,14-17,24,27,34H,8-13,18-23H2,1-3H3,(H,44,45,47)(H,46,55,56). The van der Waals surface area contributed by atoms with E-state index in [-0.39, 0.29) is 42.0 Å². The molecule has 308 valence electrons. The van der Waals surface area contributed by atoms with E-state index in [1.54, 1.807) is 25.4 Å². The summed E-state index contributed by atoms with van der Waals surface area (Å²) in [6.07, 6.45) is 4.22. The first-order chi connectivity index (χ1) is 28.3. The number of hydrogen-bond acceptors (Lipinski definition) is 13. The van der Waals surface area contributed by atoms with Gasteiger partial charge >= 0.3 is 0 Å². The highest BCUT2D eigenvalue weighted by Gasteiger charge is 2.52. The number of piperidine rings is 2. The summed E-state index contributed by atoms with van der Waals surface area (Å²) in [5, 5.41) is 6.65. The largest absolute Gasteiger partial charge is 0.480 e. The number of benzene rings is 2. The molecule has 1 spiro atoms. The van der Waals surface area contributed by atoms with Crippen molar-refractivity contribution < 1.29 is 28.7 Å². The zero-order valence-corrected chi connectivity index (χ0v) is 34.0. The van der Waals surface area contributed by atoms with Gasteiger partial charge in [0.25, 0.3) is 11.5 Å². The fourth-order valence-corrected chi connectivity index (χ4v) is 8.98. The molecule has 17 heteroatoms. The predicted molar refractivity (Wildman–Crippen MR) is 221 cm³/mol. The van der Waals surface area contributed by atoms with E-state index in [9.17, 15) is 28.8 Å². The van der Waals surface area contributed by atoms with Gasteiger partial charge in [0.05, 0.1) is 11.7 Å². The van der Waals surface area contributed by atoms with Gasteiger partial charge in [-0.1, -0.05) is 11.6 Å². The van der Waals surface area contributed by atoms with Crippen LogP contribution in [0.2, 0.25) is 5.02 Å². The Morgan fingerprint density at radius 3 is 2.49 bits per heavy atom. The van der Waals surface area contributed by atoms with E-state index >= 15 is 0 Å². The molecule has 4 saturated heterocycles. The molecule has 4 aliphatic heterocycles. The lowest BCUT2D eigenvalue weighted by Gasteiger charge is -2.61. The van der Waals surface area contributed by atoms with E-state index in [1.165, 1.54) is 11.5 Å². The number of ether oxygens (including phenoxy) is 1. The van der Waals surface area contributed by atoms with Gasteiger partial charge in [0.2, 0.25) is 24.2 Å². The van der Waals surface area contributed by atoms with Crippen LogP contribution in [0.3, 0.4) is 0 Å². The van der Waals surface area contributed by atoms with Crippen LogP contribution in [0.1, 0.15) is 48.5 Å². The molecule has 4 fully saturated rings. The van der Waals surface area contributed by atoms with Crippen molar-refractivity contribution in [2.24, 2.45) is 18.4 Å². The summed E-state index contributed by atoms with van der Waals surface area (Å²) in [5.41, 5.74) is 3.47. The number of carbonyl (C=O) groups is 5. The molecule has 2 N–H and O–H groups in total. The third-order valence-electron chi connectivity index (χ3n) is 11.9. The normalized spacial score (nSPS) is 19.2. The number of carbonyl (C=O) groups excluding carboxylic acids is 5. The van der Waals surface area contributed by atoms with Crippen molar-refractivity contribution in [2.75, 3.05) is 67.5 Å². The molecule has 1 unspecified atom stereocenters. The topological polar surface area (TPSA) is 179 Å². The number of halogens is 1. The molecule has 4 amide bonds. The molecule has 0 saturated carbocycles. The molecule has 0 bridgehead atoms. The van der Waals surface area contributed by atoms with Crippen LogP contribution in [-0.4, -0.2) is 113 Å². The first-order valence-corrected chi connectivity index (χ1v) is 20.2. The lowest BCUT2D eigenvalue weighted by atomic mass is 9.72. The van der Waals surface area contributed by atoms with Crippen molar-refractivity contribution in [1.29, 1.82) is 0 Å². The van der Waals surface area contributed by atoms with Gasteiger partial charge in [-0.2, -0.15) is 4.98 Å². The van der Waals surface area contributed by atoms with Gasteiger partial charge in [0, 0.05) is 87.0 Å². The lowest BCUT2D eigenvalue weighted by Crippen LogP contribution is -2.72. The summed E-state index contributed by atoms with van der Waals surface area (Å²) < 4.78 is 6.97. The molecule has 59 heavy (non-hydrogen) atoms. The van der Waals surface area contributed by atoms with Gasteiger partial charge in [0.1, 0.15) is 17.7 Å². The maximum Gasteiger partial charge on any atom is 0.293 e.